The quantitative estimate of drug-likeness (QED) is 0.397. The number of benzene rings is 1. The van der Waals surface area contributed by atoms with Crippen molar-refractivity contribution < 1.29 is 0 Å². The monoisotopic (exact) mass is 444 g/mol. The van der Waals surface area contributed by atoms with Gasteiger partial charge in [-0.05, 0) is 36.9 Å². The molecule has 10 heteroatoms. The Morgan fingerprint density at radius 2 is 1.89 bits per heavy atom. The third-order valence-corrected chi connectivity index (χ3v) is 6.01. The third-order valence-electron chi connectivity index (χ3n) is 3.81. The summed E-state index contributed by atoms with van der Waals surface area (Å²) in [6.07, 6.45) is 2.36. The number of imidazole rings is 1. The van der Waals surface area contributed by atoms with Crippen molar-refractivity contribution >= 4 is 63.5 Å². The molecular weight excluding hydrogens is 427 g/mol. The number of nitrogens with two attached hydrogens (primary N) is 1. The van der Waals surface area contributed by atoms with E-state index in [2.05, 4.69) is 34.1 Å². The maximum Gasteiger partial charge on any atom is 0.175 e. The van der Waals surface area contributed by atoms with Crippen LogP contribution in [0.3, 0.4) is 0 Å². The molecular formula is C17H19Cl3N6S. The fourth-order valence-electron chi connectivity index (χ4n) is 2.52. The van der Waals surface area contributed by atoms with E-state index < -0.39 is 0 Å². The first-order chi connectivity index (χ1) is 12.9. The van der Waals surface area contributed by atoms with Crippen LogP contribution in [0.2, 0.25) is 15.1 Å². The number of hydrogen-bond acceptors (Lipinski definition) is 6. The van der Waals surface area contributed by atoms with Crippen LogP contribution in [0.15, 0.2) is 28.5 Å². The van der Waals surface area contributed by atoms with Crippen molar-refractivity contribution in [2.24, 2.45) is 0 Å². The van der Waals surface area contributed by atoms with Gasteiger partial charge in [0.25, 0.3) is 0 Å². The van der Waals surface area contributed by atoms with Gasteiger partial charge in [-0.2, -0.15) is 0 Å². The summed E-state index contributed by atoms with van der Waals surface area (Å²) in [6, 6.07) is 3.80. The molecule has 0 atom stereocenters. The van der Waals surface area contributed by atoms with Gasteiger partial charge in [-0.3, -0.25) is 0 Å². The number of hydrogen-bond donors (Lipinski definition) is 2. The Labute approximate surface area is 176 Å². The molecule has 0 radical (unpaired) electrons. The number of anilines is 1. The van der Waals surface area contributed by atoms with Crippen LogP contribution in [0.25, 0.3) is 11.2 Å². The second-order valence-electron chi connectivity index (χ2n) is 6.24. The summed E-state index contributed by atoms with van der Waals surface area (Å²) in [7, 11) is 0. The number of nitrogen functional groups attached to an aromatic ring is 1. The molecule has 3 aromatic rings. The number of aromatic nitrogens is 4. The number of fused-ring (bicyclic) bond motifs is 1. The predicted molar refractivity (Wildman–Crippen MR) is 113 cm³/mol. The molecule has 6 nitrogen and oxygen atoms in total. The van der Waals surface area contributed by atoms with E-state index in [1.807, 2.05) is 4.57 Å². The highest BCUT2D eigenvalue weighted by atomic mass is 35.5. The summed E-state index contributed by atoms with van der Waals surface area (Å²) in [4.78, 5) is 13.8. The maximum atomic E-state index is 6.33. The van der Waals surface area contributed by atoms with Crippen LogP contribution in [0.1, 0.15) is 20.3 Å². The Bertz CT molecular complexity index is 959. The number of nitrogens with one attached hydrogen (secondary N) is 1. The minimum atomic E-state index is 0.348. The SMILES string of the molecule is CC(C)NCCCn1c(Sc2cc(Cl)c(Cl)cc2Cl)nc2c(N)ncnc21. The van der Waals surface area contributed by atoms with E-state index in [1.165, 1.54) is 18.1 Å². The van der Waals surface area contributed by atoms with Crippen molar-refractivity contribution in [1.82, 2.24) is 24.8 Å². The van der Waals surface area contributed by atoms with Gasteiger partial charge in [-0.15, -0.1) is 0 Å². The Balaban J connectivity index is 1.95. The molecule has 0 saturated heterocycles. The van der Waals surface area contributed by atoms with Gasteiger partial charge in [-0.25, -0.2) is 15.0 Å². The lowest BCUT2D eigenvalue weighted by molar-refractivity contribution is 0.525. The molecule has 0 saturated carbocycles. The number of halogens is 3. The lowest BCUT2D eigenvalue weighted by atomic mass is 10.3. The zero-order valence-electron chi connectivity index (χ0n) is 14.8. The Hall–Kier alpha value is -1.25. The zero-order chi connectivity index (χ0) is 19.6. The summed E-state index contributed by atoms with van der Waals surface area (Å²) in [6.45, 7) is 5.85. The van der Waals surface area contributed by atoms with Gasteiger partial charge in [0, 0.05) is 17.5 Å². The van der Waals surface area contributed by atoms with E-state index in [9.17, 15) is 0 Å². The normalized spacial score (nSPS) is 11.6. The zero-order valence-corrected chi connectivity index (χ0v) is 17.9. The number of nitrogens with zero attached hydrogens (tertiary/aromatic N) is 4. The molecule has 27 heavy (non-hydrogen) atoms. The van der Waals surface area contributed by atoms with Crippen molar-refractivity contribution in [1.29, 1.82) is 0 Å². The smallest absolute Gasteiger partial charge is 0.175 e. The molecule has 2 aromatic heterocycles. The molecule has 0 fully saturated rings. The molecule has 3 rings (SSSR count). The van der Waals surface area contributed by atoms with E-state index in [0.29, 0.717) is 38.1 Å². The second kappa shape index (κ2) is 8.84. The van der Waals surface area contributed by atoms with Crippen LogP contribution in [0.4, 0.5) is 5.82 Å². The summed E-state index contributed by atoms with van der Waals surface area (Å²) in [5.41, 5.74) is 7.26. The molecule has 0 bridgehead atoms. The standard InChI is InChI=1S/C17H19Cl3N6S/c1-9(2)22-4-3-5-26-16-14(15(21)23-8-24-16)25-17(26)27-13-7-11(19)10(18)6-12(13)20/h6-9,22H,3-5H2,1-2H3,(H2,21,23,24). The Morgan fingerprint density at radius 3 is 2.63 bits per heavy atom. The van der Waals surface area contributed by atoms with Crippen LogP contribution in [0, 0.1) is 0 Å². The molecule has 0 aliphatic heterocycles. The number of rotatable bonds is 7. The highest BCUT2D eigenvalue weighted by molar-refractivity contribution is 7.99. The van der Waals surface area contributed by atoms with Gasteiger partial charge in [0.15, 0.2) is 22.1 Å². The molecule has 0 unspecified atom stereocenters. The molecule has 3 N–H and O–H groups in total. The average Bonchev–Trinajstić information content (AvgIpc) is 2.95. The number of aryl methyl sites for hydroxylation is 1. The van der Waals surface area contributed by atoms with E-state index >= 15 is 0 Å². The molecule has 0 spiro atoms. The van der Waals surface area contributed by atoms with Crippen molar-refractivity contribution in [3.8, 4) is 0 Å². The van der Waals surface area contributed by atoms with Gasteiger partial charge in [0.1, 0.15) is 6.33 Å². The first-order valence-corrected chi connectivity index (χ1v) is 10.3. The fourth-order valence-corrected chi connectivity index (χ4v) is 4.20. The predicted octanol–water partition coefficient (Wildman–Crippen LogP) is 4.91. The Morgan fingerprint density at radius 1 is 1.15 bits per heavy atom. The van der Waals surface area contributed by atoms with E-state index in [-0.39, 0.29) is 0 Å². The van der Waals surface area contributed by atoms with Crippen molar-refractivity contribution in [3.05, 3.63) is 33.5 Å². The van der Waals surface area contributed by atoms with E-state index in [0.717, 1.165) is 29.6 Å². The Kier molecular flexibility index (Phi) is 6.70. The second-order valence-corrected chi connectivity index (χ2v) is 8.47. The summed E-state index contributed by atoms with van der Waals surface area (Å²) < 4.78 is 2.03. The summed E-state index contributed by atoms with van der Waals surface area (Å²) in [5, 5.41) is 5.49. The minimum Gasteiger partial charge on any atom is -0.382 e. The summed E-state index contributed by atoms with van der Waals surface area (Å²) >= 11 is 19.9. The summed E-state index contributed by atoms with van der Waals surface area (Å²) in [5.74, 6) is 0.348. The van der Waals surface area contributed by atoms with Crippen molar-refractivity contribution in [2.75, 3.05) is 12.3 Å². The largest absolute Gasteiger partial charge is 0.382 e. The van der Waals surface area contributed by atoms with Gasteiger partial charge in [0.05, 0.1) is 15.1 Å². The molecule has 0 amide bonds. The molecule has 0 aliphatic rings. The van der Waals surface area contributed by atoms with Gasteiger partial charge >= 0.3 is 0 Å². The van der Waals surface area contributed by atoms with Gasteiger partial charge in [0.2, 0.25) is 0 Å². The highest BCUT2D eigenvalue weighted by Crippen LogP contribution is 2.39. The van der Waals surface area contributed by atoms with Crippen LogP contribution >= 0.6 is 46.6 Å². The first kappa shape index (κ1) is 20.5. The van der Waals surface area contributed by atoms with E-state index in [4.69, 9.17) is 40.5 Å². The highest BCUT2D eigenvalue weighted by Gasteiger charge is 2.17. The van der Waals surface area contributed by atoms with Crippen LogP contribution < -0.4 is 11.1 Å². The molecule has 2 heterocycles. The fraction of sp³-hybridized carbons (Fsp3) is 0.353. The topological polar surface area (TPSA) is 81.7 Å². The minimum absolute atomic E-state index is 0.348. The van der Waals surface area contributed by atoms with Gasteiger partial charge < -0.3 is 15.6 Å². The van der Waals surface area contributed by atoms with Gasteiger partial charge in [-0.1, -0.05) is 48.7 Å². The molecule has 144 valence electrons. The van der Waals surface area contributed by atoms with Crippen LogP contribution in [-0.4, -0.2) is 32.1 Å². The van der Waals surface area contributed by atoms with E-state index in [1.54, 1.807) is 12.1 Å². The van der Waals surface area contributed by atoms with Crippen LogP contribution in [0.5, 0.6) is 0 Å². The average molecular weight is 446 g/mol. The third kappa shape index (κ3) is 4.78. The molecule has 0 aliphatic carbocycles. The van der Waals surface area contributed by atoms with Crippen molar-refractivity contribution in [3.63, 3.8) is 0 Å². The molecule has 1 aromatic carbocycles. The lowest BCUT2D eigenvalue weighted by Gasteiger charge is -2.11. The first-order valence-electron chi connectivity index (χ1n) is 8.39. The van der Waals surface area contributed by atoms with Crippen molar-refractivity contribution in [2.45, 2.75) is 42.9 Å². The van der Waals surface area contributed by atoms with Crippen LogP contribution in [-0.2, 0) is 6.54 Å². The lowest BCUT2D eigenvalue weighted by Crippen LogP contribution is -2.24. The maximum absolute atomic E-state index is 6.33.